The maximum absolute atomic E-state index is 11.0. The molecule has 1 aromatic carbocycles. The van der Waals surface area contributed by atoms with Crippen LogP contribution in [-0.2, 0) is 4.79 Å². The molecule has 18 heavy (non-hydrogen) atoms. The summed E-state index contributed by atoms with van der Waals surface area (Å²) < 4.78 is 5.12. The van der Waals surface area contributed by atoms with E-state index in [9.17, 15) is 14.4 Å². The highest BCUT2D eigenvalue weighted by molar-refractivity contribution is 6.12. The first kappa shape index (κ1) is 13.5. The number of nitrogens with zero attached hydrogens (tertiary/aromatic N) is 1. The average molecular weight is 251 g/mol. The summed E-state index contributed by atoms with van der Waals surface area (Å²) in [6, 6.07) is 3.92. The minimum absolute atomic E-state index is 0.0469. The van der Waals surface area contributed by atoms with E-state index in [2.05, 4.69) is 0 Å². The normalized spacial score (nSPS) is 9.61. The lowest BCUT2D eigenvalue weighted by Crippen LogP contribution is -2.44. The van der Waals surface area contributed by atoms with Gasteiger partial charge in [0.2, 0.25) is 0 Å². The van der Waals surface area contributed by atoms with Crippen LogP contribution < -0.4 is 21.1 Å². The maximum atomic E-state index is 11.0. The lowest BCUT2D eigenvalue weighted by molar-refractivity contribution is -0.118. The molecule has 0 aliphatic heterocycles. The summed E-state index contributed by atoms with van der Waals surface area (Å²) in [4.78, 5) is 33.4. The number of rotatable bonds is 4. The van der Waals surface area contributed by atoms with Crippen LogP contribution in [0.4, 0.5) is 15.3 Å². The zero-order chi connectivity index (χ0) is 13.7. The Morgan fingerprint density at radius 1 is 1.11 bits per heavy atom. The number of imide groups is 1. The third kappa shape index (κ3) is 3.48. The molecule has 4 amide bonds. The van der Waals surface area contributed by atoms with Crippen molar-refractivity contribution in [2.24, 2.45) is 11.5 Å². The monoisotopic (exact) mass is 251 g/mol. The van der Waals surface area contributed by atoms with E-state index in [0.29, 0.717) is 10.6 Å². The van der Waals surface area contributed by atoms with Gasteiger partial charge in [-0.05, 0) is 31.2 Å². The molecule has 7 heteroatoms. The van der Waals surface area contributed by atoms with E-state index in [4.69, 9.17) is 16.2 Å². The highest BCUT2D eigenvalue weighted by Crippen LogP contribution is 2.19. The first-order valence-electron chi connectivity index (χ1n) is 5.03. The Bertz CT molecular complexity index is 456. The van der Waals surface area contributed by atoms with Crippen molar-refractivity contribution in [3.05, 3.63) is 24.3 Å². The molecule has 0 fully saturated rings. The van der Waals surface area contributed by atoms with Gasteiger partial charge < -0.3 is 16.2 Å². The standard InChI is InChI=1S/C11H13N3O4/c1-7(15)6-18-9-4-2-8(3-5-9)14(10(12)16)11(13)17/h2-5H,6H2,1H3,(H2,12,16)(H2,13,17). The average Bonchev–Trinajstić information content (AvgIpc) is 2.27. The Kier molecular flexibility index (Phi) is 4.25. The first-order valence-corrected chi connectivity index (χ1v) is 5.03. The van der Waals surface area contributed by atoms with Crippen molar-refractivity contribution in [2.75, 3.05) is 11.5 Å². The van der Waals surface area contributed by atoms with Crippen LogP contribution in [0.3, 0.4) is 0 Å². The lowest BCUT2D eigenvalue weighted by atomic mass is 10.3. The molecule has 0 unspecified atom stereocenters. The van der Waals surface area contributed by atoms with Crippen LogP contribution in [0.5, 0.6) is 5.75 Å². The van der Waals surface area contributed by atoms with Gasteiger partial charge in [0, 0.05) is 0 Å². The quantitative estimate of drug-likeness (QED) is 0.815. The second-order valence-corrected chi connectivity index (χ2v) is 3.50. The Morgan fingerprint density at radius 2 is 1.61 bits per heavy atom. The SMILES string of the molecule is CC(=O)COc1ccc(N(C(N)=O)C(N)=O)cc1. The topological polar surface area (TPSA) is 116 Å². The van der Waals surface area contributed by atoms with Crippen molar-refractivity contribution in [2.45, 2.75) is 6.92 Å². The zero-order valence-electron chi connectivity index (χ0n) is 9.75. The number of benzene rings is 1. The van der Waals surface area contributed by atoms with Gasteiger partial charge in [-0.25, -0.2) is 14.5 Å². The summed E-state index contributed by atoms with van der Waals surface area (Å²) in [6.45, 7) is 1.35. The number of carbonyl (C=O) groups excluding carboxylic acids is 3. The molecule has 0 saturated carbocycles. The molecule has 96 valence electrons. The molecule has 0 atom stereocenters. The molecule has 0 radical (unpaired) electrons. The van der Waals surface area contributed by atoms with Crippen molar-refractivity contribution in [1.82, 2.24) is 0 Å². The fourth-order valence-corrected chi connectivity index (χ4v) is 1.24. The predicted molar refractivity (Wildman–Crippen MR) is 64.3 cm³/mol. The number of ether oxygens (including phenoxy) is 1. The van der Waals surface area contributed by atoms with E-state index in [-0.39, 0.29) is 18.1 Å². The summed E-state index contributed by atoms with van der Waals surface area (Å²) in [7, 11) is 0. The van der Waals surface area contributed by atoms with Crippen molar-refractivity contribution < 1.29 is 19.1 Å². The van der Waals surface area contributed by atoms with Gasteiger partial charge in [-0.1, -0.05) is 0 Å². The zero-order valence-corrected chi connectivity index (χ0v) is 9.75. The highest BCUT2D eigenvalue weighted by Gasteiger charge is 2.17. The molecule has 0 aliphatic carbocycles. The van der Waals surface area contributed by atoms with Crippen LogP contribution in [0.2, 0.25) is 0 Å². The summed E-state index contributed by atoms with van der Waals surface area (Å²) >= 11 is 0. The van der Waals surface area contributed by atoms with Crippen LogP contribution in [-0.4, -0.2) is 24.5 Å². The van der Waals surface area contributed by atoms with Gasteiger partial charge in [0.15, 0.2) is 5.78 Å². The van der Waals surface area contributed by atoms with Gasteiger partial charge in [-0.2, -0.15) is 0 Å². The predicted octanol–water partition coefficient (Wildman–Crippen LogP) is 0.618. The second-order valence-electron chi connectivity index (χ2n) is 3.50. The molecule has 1 aromatic rings. The molecule has 0 bridgehead atoms. The van der Waals surface area contributed by atoms with Crippen molar-refractivity contribution in [3.63, 3.8) is 0 Å². The summed E-state index contributed by atoms with van der Waals surface area (Å²) in [5.41, 5.74) is 10.3. The van der Waals surface area contributed by atoms with Gasteiger partial charge in [-0.15, -0.1) is 0 Å². The Balaban J connectivity index is 2.84. The Labute approximate surface area is 103 Å². The van der Waals surface area contributed by atoms with E-state index in [1.54, 1.807) is 0 Å². The molecule has 7 nitrogen and oxygen atoms in total. The number of hydrogen-bond acceptors (Lipinski definition) is 4. The van der Waals surface area contributed by atoms with Crippen LogP contribution in [0.1, 0.15) is 6.92 Å². The van der Waals surface area contributed by atoms with E-state index in [1.165, 1.54) is 31.2 Å². The molecule has 1 rings (SSSR count). The number of nitrogens with two attached hydrogens (primary N) is 2. The fourth-order valence-electron chi connectivity index (χ4n) is 1.24. The van der Waals surface area contributed by atoms with Crippen molar-refractivity contribution in [1.29, 1.82) is 0 Å². The molecule has 0 saturated heterocycles. The number of Topliss-reactive ketones (excluding diaryl/α,β-unsaturated/α-hetero) is 1. The number of carbonyl (C=O) groups is 3. The molecular weight excluding hydrogens is 238 g/mol. The van der Waals surface area contributed by atoms with Gasteiger partial charge in [-0.3, -0.25) is 4.79 Å². The number of urea groups is 2. The number of hydrogen-bond donors (Lipinski definition) is 2. The lowest BCUT2D eigenvalue weighted by Gasteiger charge is -2.15. The van der Waals surface area contributed by atoms with Gasteiger partial charge in [0.25, 0.3) is 0 Å². The minimum Gasteiger partial charge on any atom is -0.486 e. The number of anilines is 1. The molecule has 4 N–H and O–H groups in total. The summed E-state index contributed by atoms with van der Waals surface area (Å²) in [5, 5.41) is 0. The van der Waals surface area contributed by atoms with E-state index >= 15 is 0 Å². The smallest absolute Gasteiger partial charge is 0.327 e. The molecule has 0 spiro atoms. The van der Waals surface area contributed by atoms with Crippen LogP contribution >= 0.6 is 0 Å². The van der Waals surface area contributed by atoms with Crippen LogP contribution in [0, 0.1) is 0 Å². The number of primary amides is 2. The number of ketones is 1. The fraction of sp³-hybridized carbons (Fsp3) is 0.182. The molecule has 0 aliphatic rings. The van der Waals surface area contributed by atoms with E-state index in [1.807, 2.05) is 0 Å². The van der Waals surface area contributed by atoms with Gasteiger partial charge in [0.05, 0.1) is 5.69 Å². The van der Waals surface area contributed by atoms with Gasteiger partial charge in [0.1, 0.15) is 12.4 Å². The third-order valence-corrected chi connectivity index (χ3v) is 1.98. The van der Waals surface area contributed by atoms with Crippen LogP contribution in [0.25, 0.3) is 0 Å². The third-order valence-electron chi connectivity index (χ3n) is 1.98. The largest absolute Gasteiger partial charge is 0.486 e. The minimum atomic E-state index is -0.972. The molecule has 0 aromatic heterocycles. The highest BCUT2D eigenvalue weighted by atomic mass is 16.5. The Hall–Kier alpha value is -2.57. The summed E-state index contributed by atoms with van der Waals surface area (Å²) in [6.07, 6.45) is 0. The molecule has 0 heterocycles. The van der Waals surface area contributed by atoms with E-state index in [0.717, 1.165) is 0 Å². The van der Waals surface area contributed by atoms with Crippen molar-refractivity contribution in [3.8, 4) is 5.75 Å². The van der Waals surface area contributed by atoms with Crippen LogP contribution in [0.15, 0.2) is 24.3 Å². The second kappa shape index (κ2) is 5.67. The first-order chi connectivity index (χ1) is 8.41. The molecular formula is C11H13N3O4. The Morgan fingerprint density at radius 3 is 2.00 bits per heavy atom. The number of amides is 4. The maximum Gasteiger partial charge on any atom is 0.327 e. The van der Waals surface area contributed by atoms with Gasteiger partial charge >= 0.3 is 12.1 Å². The summed E-state index contributed by atoms with van der Waals surface area (Å²) in [5.74, 6) is 0.317. The van der Waals surface area contributed by atoms with E-state index < -0.39 is 12.1 Å². The van der Waals surface area contributed by atoms with Crippen molar-refractivity contribution >= 4 is 23.5 Å².